The van der Waals surface area contributed by atoms with Crippen LogP contribution in [0.25, 0.3) is 11.2 Å². The fraction of sp³-hybridized carbons (Fsp3) is 0.458. The SMILES string of the molecule is Cc1ccc2oc(N3CCN(C(=O)c4ccc(N5CC(OC(C)C(F)(F)F)C5)cc4)CC3)nc2n1. The summed E-state index contributed by atoms with van der Waals surface area (Å²) in [5.74, 6) is -0.0603. The number of pyridine rings is 1. The van der Waals surface area contributed by atoms with Gasteiger partial charge in [0.2, 0.25) is 5.65 Å². The van der Waals surface area contributed by atoms with E-state index in [0.717, 1.165) is 18.3 Å². The molecule has 0 saturated carbocycles. The second-order valence-corrected chi connectivity index (χ2v) is 8.94. The van der Waals surface area contributed by atoms with Crippen molar-refractivity contribution in [3.8, 4) is 0 Å². The summed E-state index contributed by atoms with van der Waals surface area (Å²) >= 11 is 0. The van der Waals surface area contributed by atoms with Gasteiger partial charge in [0.1, 0.15) is 0 Å². The van der Waals surface area contributed by atoms with Crippen molar-refractivity contribution in [3.63, 3.8) is 0 Å². The second kappa shape index (κ2) is 9.03. The number of carbonyl (C=O) groups excluding carboxylic acids is 1. The first-order valence-electron chi connectivity index (χ1n) is 11.5. The topological polar surface area (TPSA) is 74.9 Å². The summed E-state index contributed by atoms with van der Waals surface area (Å²) in [6, 6.07) is 11.4. The van der Waals surface area contributed by atoms with E-state index in [1.165, 1.54) is 0 Å². The van der Waals surface area contributed by atoms with Crippen molar-refractivity contribution < 1.29 is 27.1 Å². The van der Waals surface area contributed by atoms with Crippen LogP contribution in [0.4, 0.5) is 24.9 Å². The van der Waals surface area contributed by atoms with Crippen molar-refractivity contribution in [3.05, 3.63) is 47.7 Å². The number of anilines is 2. The van der Waals surface area contributed by atoms with Gasteiger partial charge < -0.3 is 23.9 Å². The number of fused-ring (bicyclic) bond motifs is 1. The highest BCUT2D eigenvalue weighted by Gasteiger charge is 2.41. The van der Waals surface area contributed by atoms with Gasteiger partial charge in [0.15, 0.2) is 11.7 Å². The van der Waals surface area contributed by atoms with E-state index in [0.29, 0.717) is 62.1 Å². The van der Waals surface area contributed by atoms with Gasteiger partial charge in [-0.3, -0.25) is 4.79 Å². The van der Waals surface area contributed by atoms with Crippen LogP contribution in [0.5, 0.6) is 0 Å². The number of oxazole rings is 1. The second-order valence-electron chi connectivity index (χ2n) is 8.94. The van der Waals surface area contributed by atoms with Crippen LogP contribution in [0, 0.1) is 6.92 Å². The molecule has 4 heterocycles. The molecule has 2 aliphatic heterocycles. The largest absolute Gasteiger partial charge is 0.422 e. The Morgan fingerprint density at radius 3 is 2.37 bits per heavy atom. The summed E-state index contributed by atoms with van der Waals surface area (Å²) in [6.45, 7) is 5.97. The molecule has 5 rings (SSSR count). The van der Waals surface area contributed by atoms with E-state index in [1.54, 1.807) is 17.0 Å². The number of rotatable bonds is 5. The predicted octanol–water partition coefficient (Wildman–Crippen LogP) is 3.65. The van der Waals surface area contributed by atoms with Gasteiger partial charge in [0.25, 0.3) is 11.9 Å². The summed E-state index contributed by atoms with van der Waals surface area (Å²) in [6.07, 6.45) is -6.59. The van der Waals surface area contributed by atoms with Gasteiger partial charge >= 0.3 is 6.18 Å². The number of nitrogens with zero attached hydrogens (tertiary/aromatic N) is 5. The van der Waals surface area contributed by atoms with E-state index < -0.39 is 18.4 Å². The molecule has 11 heteroatoms. The van der Waals surface area contributed by atoms with Gasteiger partial charge in [-0.05, 0) is 50.2 Å². The molecular weight excluding hydrogens is 463 g/mol. The smallest absolute Gasteiger partial charge is 0.414 e. The number of hydrogen-bond donors (Lipinski definition) is 0. The van der Waals surface area contributed by atoms with Crippen molar-refractivity contribution in [2.75, 3.05) is 49.1 Å². The average Bonchev–Trinajstić information content (AvgIpc) is 3.23. The Morgan fingerprint density at radius 1 is 1.03 bits per heavy atom. The number of piperazine rings is 1. The Bertz CT molecular complexity index is 1200. The molecule has 1 unspecified atom stereocenters. The number of aryl methyl sites for hydroxylation is 1. The first-order chi connectivity index (χ1) is 16.7. The normalized spacial score (nSPS) is 18.1. The zero-order valence-corrected chi connectivity index (χ0v) is 19.5. The van der Waals surface area contributed by atoms with Crippen LogP contribution in [0.2, 0.25) is 0 Å². The third kappa shape index (κ3) is 4.90. The van der Waals surface area contributed by atoms with E-state index in [2.05, 4.69) is 9.97 Å². The minimum Gasteiger partial charge on any atom is -0.422 e. The minimum atomic E-state index is -4.35. The Morgan fingerprint density at radius 2 is 1.71 bits per heavy atom. The standard InChI is InChI=1S/C24H26F3N5O3/c1-15-3-8-20-21(28-15)29-23(35-20)31-11-9-30(10-12-31)22(33)17-4-6-18(7-5-17)32-13-19(14-32)34-16(2)24(25,26)27/h3-8,16,19H,9-14H2,1-2H3. The van der Waals surface area contributed by atoms with Crippen molar-refractivity contribution in [1.82, 2.24) is 14.9 Å². The molecule has 35 heavy (non-hydrogen) atoms. The van der Waals surface area contributed by atoms with Crippen LogP contribution in [0.3, 0.4) is 0 Å². The Hall–Kier alpha value is -3.34. The third-order valence-corrected chi connectivity index (χ3v) is 6.40. The molecule has 2 aromatic heterocycles. The first-order valence-corrected chi connectivity index (χ1v) is 11.5. The van der Waals surface area contributed by atoms with Crippen LogP contribution in [-0.4, -0.2) is 78.4 Å². The fourth-order valence-electron chi connectivity index (χ4n) is 4.24. The molecule has 2 saturated heterocycles. The Labute approximate surface area is 200 Å². The molecule has 0 N–H and O–H groups in total. The fourth-order valence-corrected chi connectivity index (χ4v) is 4.24. The molecule has 186 valence electrons. The molecule has 2 aliphatic rings. The van der Waals surface area contributed by atoms with Crippen LogP contribution >= 0.6 is 0 Å². The highest BCUT2D eigenvalue weighted by molar-refractivity contribution is 5.94. The quantitative estimate of drug-likeness (QED) is 0.542. The summed E-state index contributed by atoms with van der Waals surface area (Å²) in [5.41, 5.74) is 3.51. The van der Waals surface area contributed by atoms with E-state index >= 15 is 0 Å². The molecule has 0 radical (unpaired) electrons. The van der Waals surface area contributed by atoms with Crippen molar-refractivity contribution >= 4 is 28.8 Å². The lowest BCUT2D eigenvalue weighted by atomic mass is 10.1. The van der Waals surface area contributed by atoms with E-state index in [9.17, 15) is 18.0 Å². The lowest BCUT2D eigenvalue weighted by Gasteiger charge is -2.42. The average molecular weight is 489 g/mol. The monoisotopic (exact) mass is 489 g/mol. The minimum absolute atomic E-state index is 0.0603. The van der Waals surface area contributed by atoms with Gasteiger partial charge in [-0.2, -0.15) is 18.2 Å². The molecule has 0 aliphatic carbocycles. The van der Waals surface area contributed by atoms with Gasteiger partial charge in [0.05, 0.1) is 6.10 Å². The molecule has 3 aromatic rings. The van der Waals surface area contributed by atoms with Crippen LogP contribution < -0.4 is 9.80 Å². The number of alkyl halides is 3. The number of aromatic nitrogens is 2. The van der Waals surface area contributed by atoms with Gasteiger partial charge in [0, 0.05) is 56.2 Å². The zero-order chi connectivity index (χ0) is 24.7. The van der Waals surface area contributed by atoms with Crippen LogP contribution in [0.15, 0.2) is 40.8 Å². The van der Waals surface area contributed by atoms with Crippen LogP contribution in [0.1, 0.15) is 23.0 Å². The maximum absolute atomic E-state index is 13.0. The predicted molar refractivity (Wildman–Crippen MR) is 124 cm³/mol. The molecule has 1 amide bonds. The summed E-state index contributed by atoms with van der Waals surface area (Å²) in [7, 11) is 0. The maximum Gasteiger partial charge on any atom is 0.414 e. The number of halogens is 3. The number of hydrogen-bond acceptors (Lipinski definition) is 7. The van der Waals surface area contributed by atoms with Crippen LogP contribution in [-0.2, 0) is 4.74 Å². The maximum atomic E-state index is 13.0. The summed E-state index contributed by atoms with van der Waals surface area (Å²) < 4.78 is 48.8. The number of ether oxygens (including phenoxy) is 1. The van der Waals surface area contributed by atoms with E-state index in [1.807, 2.05) is 41.0 Å². The molecule has 2 fully saturated rings. The first kappa shape index (κ1) is 23.4. The van der Waals surface area contributed by atoms with E-state index in [-0.39, 0.29) is 5.91 Å². The molecule has 1 aromatic carbocycles. The summed E-state index contributed by atoms with van der Waals surface area (Å²) in [4.78, 5) is 27.6. The van der Waals surface area contributed by atoms with Gasteiger partial charge in [-0.25, -0.2) is 4.98 Å². The Balaban J connectivity index is 1.13. The molecule has 0 bridgehead atoms. The number of benzene rings is 1. The van der Waals surface area contributed by atoms with Crippen molar-refractivity contribution in [2.24, 2.45) is 0 Å². The van der Waals surface area contributed by atoms with E-state index in [4.69, 9.17) is 9.15 Å². The van der Waals surface area contributed by atoms with Gasteiger partial charge in [-0.1, -0.05) is 0 Å². The molecule has 8 nitrogen and oxygen atoms in total. The number of carbonyl (C=O) groups is 1. The third-order valence-electron chi connectivity index (χ3n) is 6.40. The lowest BCUT2D eigenvalue weighted by molar-refractivity contribution is -0.228. The summed E-state index contributed by atoms with van der Waals surface area (Å²) in [5, 5.41) is 0. The van der Waals surface area contributed by atoms with Crippen molar-refractivity contribution in [2.45, 2.75) is 32.2 Å². The molecule has 0 spiro atoms. The molecular formula is C24H26F3N5O3. The Kier molecular flexibility index (Phi) is 6.04. The number of amides is 1. The van der Waals surface area contributed by atoms with Gasteiger partial charge in [-0.15, -0.1) is 0 Å². The van der Waals surface area contributed by atoms with Crippen molar-refractivity contribution in [1.29, 1.82) is 0 Å². The highest BCUT2D eigenvalue weighted by Crippen LogP contribution is 2.29. The lowest BCUT2D eigenvalue weighted by Crippen LogP contribution is -2.54. The molecule has 1 atom stereocenters. The highest BCUT2D eigenvalue weighted by atomic mass is 19.4. The zero-order valence-electron chi connectivity index (χ0n) is 19.5.